The highest BCUT2D eigenvalue weighted by atomic mass is 32.1. The molecule has 0 radical (unpaired) electrons. The van der Waals surface area contributed by atoms with Gasteiger partial charge in [0.2, 0.25) is 5.88 Å². The molecule has 62 heavy (non-hydrogen) atoms. The number of rotatable bonds is 3. The fourth-order valence-electron chi connectivity index (χ4n) is 10.3. The van der Waals surface area contributed by atoms with Crippen LogP contribution in [-0.2, 0) is 16.2 Å². The zero-order chi connectivity index (χ0) is 43.9. The lowest BCUT2D eigenvalue weighted by molar-refractivity contribution is 0.588. The van der Waals surface area contributed by atoms with Crippen molar-refractivity contribution in [1.82, 2.24) is 0 Å². The van der Waals surface area contributed by atoms with Gasteiger partial charge in [0.05, 0.1) is 11.4 Å². The van der Waals surface area contributed by atoms with Crippen molar-refractivity contribution < 1.29 is 4.42 Å². The largest absolute Gasteiger partial charge is 0.440 e. The molecule has 6 aromatic carbocycles. The summed E-state index contributed by atoms with van der Waals surface area (Å²) >= 11 is 1.88. The molecule has 3 nitrogen and oxygen atoms in total. The Balaban J connectivity index is 1.33. The SMILES string of the molecule is Cc1cc2c3c(c1)N(c1c(C)cc(C(C)(C)C)cc1C)c1oc4ccc(C(C)(C)C)cc4c1B3c1ccc(-c3cc4ccccc4s3)cc1N2c1c(C)cc(C(C)(C)C)cc1C. The minimum Gasteiger partial charge on any atom is -0.440 e. The number of fused-ring (bicyclic) bond motifs is 7. The van der Waals surface area contributed by atoms with Crippen LogP contribution in [0.4, 0.5) is 34.3 Å². The van der Waals surface area contributed by atoms with Gasteiger partial charge in [0.15, 0.2) is 0 Å². The van der Waals surface area contributed by atoms with Crippen LogP contribution >= 0.6 is 11.3 Å². The Morgan fingerprint density at radius 1 is 0.516 bits per heavy atom. The predicted octanol–water partition coefficient (Wildman–Crippen LogP) is 14.8. The third-order valence-corrected chi connectivity index (χ3v) is 14.7. The van der Waals surface area contributed by atoms with E-state index in [-0.39, 0.29) is 23.0 Å². The van der Waals surface area contributed by atoms with Gasteiger partial charge in [0.1, 0.15) is 5.58 Å². The average molecular weight is 831 g/mol. The number of hydrogen-bond acceptors (Lipinski definition) is 4. The first-order chi connectivity index (χ1) is 29.2. The van der Waals surface area contributed by atoms with Crippen molar-refractivity contribution in [2.24, 2.45) is 0 Å². The Kier molecular flexibility index (Phi) is 8.99. The molecule has 0 N–H and O–H groups in total. The molecule has 0 bridgehead atoms. The Morgan fingerprint density at radius 2 is 1.08 bits per heavy atom. The lowest BCUT2D eigenvalue weighted by Gasteiger charge is -2.44. The zero-order valence-electron chi connectivity index (χ0n) is 39.1. The number of benzene rings is 6. The van der Waals surface area contributed by atoms with E-state index >= 15 is 0 Å². The minimum atomic E-state index is -0.0602. The molecule has 0 atom stereocenters. The first kappa shape index (κ1) is 40.6. The third-order valence-electron chi connectivity index (χ3n) is 13.6. The van der Waals surface area contributed by atoms with E-state index in [1.54, 1.807) is 0 Å². The molecule has 2 aliphatic rings. The summed E-state index contributed by atoms with van der Waals surface area (Å²) in [6.07, 6.45) is 0. The second-order valence-corrected chi connectivity index (χ2v) is 22.5. The van der Waals surface area contributed by atoms with Crippen molar-refractivity contribution >= 4 is 89.8 Å². The number of furan rings is 1. The van der Waals surface area contributed by atoms with Gasteiger partial charge < -0.3 is 9.32 Å². The van der Waals surface area contributed by atoms with E-state index in [1.807, 2.05) is 11.3 Å². The van der Waals surface area contributed by atoms with Gasteiger partial charge in [-0.15, -0.1) is 11.3 Å². The maximum atomic E-state index is 7.28. The van der Waals surface area contributed by atoms with Crippen molar-refractivity contribution in [3.05, 3.63) is 148 Å². The molecule has 10 rings (SSSR count). The van der Waals surface area contributed by atoms with Crippen molar-refractivity contribution in [2.75, 3.05) is 9.80 Å². The molecular weight excluding hydrogens is 772 g/mol. The first-order valence-electron chi connectivity index (χ1n) is 22.4. The first-order valence-corrected chi connectivity index (χ1v) is 23.2. The number of aryl methyl sites for hydroxylation is 5. The number of anilines is 6. The maximum absolute atomic E-state index is 7.28. The van der Waals surface area contributed by atoms with Crippen LogP contribution in [0.25, 0.3) is 31.5 Å². The Hall–Kier alpha value is -5.52. The zero-order valence-corrected chi connectivity index (χ0v) is 39.9. The molecule has 8 aromatic rings. The van der Waals surface area contributed by atoms with Crippen LogP contribution in [0.5, 0.6) is 0 Å². The summed E-state index contributed by atoms with van der Waals surface area (Å²) in [7, 11) is 0. The predicted molar refractivity (Wildman–Crippen MR) is 271 cm³/mol. The van der Waals surface area contributed by atoms with Gasteiger partial charge in [0, 0.05) is 37.5 Å². The van der Waals surface area contributed by atoms with Crippen LogP contribution in [0.3, 0.4) is 0 Å². The topological polar surface area (TPSA) is 19.6 Å². The second-order valence-electron chi connectivity index (χ2n) is 21.4. The molecular formula is C57H59BN2OS. The van der Waals surface area contributed by atoms with E-state index in [2.05, 4.69) is 210 Å². The molecule has 0 saturated heterocycles. The highest BCUT2D eigenvalue weighted by molar-refractivity contribution is 7.22. The molecule has 0 saturated carbocycles. The quantitative estimate of drug-likeness (QED) is 0.165. The van der Waals surface area contributed by atoms with Crippen LogP contribution in [0.1, 0.15) is 107 Å². The number of thiophene rings is 1. The summed E-state index contributed by atoms with van der Waals surface area (Å²) < 4.78 is 8.59. The van der Waals surface area contributed by atoms with E-state index in [9.17, 15) is 0 Å². The van der Waals surface area contributed by atoms with Crippen LogP contribution in [0.2, 0.25) is 0 Å². The molecule has 2 aromatic heterocycles. The van der Waals surface area contributed by atoms with E-state index in [4.69, 9.17) is 4.42 Å². The molecule has 0 amide bonds. The van der Waals surface area contributed by atoms with Crippen LogP contribution in [0, 0.1) is 34.6 Å². The van der Waals surface area contributed by atoms with Gasteiger partial charge in [-0.3, -0.25) is 4.90 Å². The van der Waals surface area contributed by atoms with Gasteiger partial charge in [-0.05, 0) is 160 Å². The number of nitrogens with zero attached hydrogens (tertiary/aromatic N) is 2. The third kappa shape index (κ3) is 6.28. The van der Waals surface area contributed by atoms with Gasteiger partial charge >= 0.3 is 0 Å². The summed E-state index contributed by atoms with van der Waals surface area (Å²) in [5.41, 5.74) is 22.4. The fourth-order valence-corrected chi connectivity index (χ4v) is 11.4. The standard InChI is InChI=1S/C57H59BN2OS/c1-32-23-45-51-46(24-32)60(53-35(4)27-41(28-36(53)5)57(12,13)14)54-50(42-31-39(55(6,7)8)20-22-47(42)61-54)58(51)43-21-19-38(49-30-37-17-15-16-18-48(37)62-49)29-44(43)59(45)52-33(2)25-40(26-34(52)3)56(9,10)11/h15-31H,1-14H3. The van der Waals surface area contributed by atoms with Crippen molar-refractivity contribution in [1.29, 1.82) is 0 Å². The molecule has 0 spiro atoms. The average Bonchev–Trinajstić information content (AvgIpc) is 3.79. The van der Waals surface area contributed by atoms with E-state index in [0.717, 1.165) is 11.5 Å². The monoisotopic (exact) mass is 830 g/mol. The highest BCUT2D eigenvalue weighted by Gasteiger charge is 2.47. The van der Waals surface area contributed by atoms with Crippen molar-refractivity contribution in [2.45, 2.75) is 113 Å². The summed E-state index contributed by atoms with van der Waals surface area (Å²) in [4.78, 5) is 6.40. The Labute approximate surface area is 373 Å². The molecule has 0 unspecified atom stereocenters. The van der Waals surface area contributed by atoms with Crippen LogP contribution in [0.15, 0.2) is 108 Å². The van der Waals surface area contributed by atoms with Gasteiger partial charge in [0.25, 0.3) is 6.71 Å². The lowest BCUT2D eigenvalue weighted by Crippen LogP contribution is -2.61. The summed E-state index contributed by atoms with van der Waals surface area (Å²) in [5, 5.41) is 2.48. The van der Waals surface area contributed by atoms with Crippen LogP contribution in [-0.4, -0.2) is 6.71 Å². The van der Waals surface area contributed by atoms with Crippen LogP contribution < -0.4 is 26.2 Å². The maximum Gasteiger partial charge on any atom is 0.257 e. The summed E-state index contributed by atoms with van der Waals surface area (Å²) in [5.74, 6) is 0.921. The van der Waals surface area contributed by atoms with E-state index < -0.39 is 0 Å². The molecule has 2 aliphatic heterocycles. The van der Waals surface area contributed by atoms with Gasteiger partial charge in [-0.25, -0.2) is 0 Å². The molecule has 4 heterocycles. The number of hydrogen-bond donors (Lipinski definition) is 0. The van der Waals surface area contributed by atoms with E-state index in [1.165, 1.54) is 115 Å². The lowest BCUT2D eigenvalue weighted by atomic mass is 9.33. The molecule has 5 heteroatoms. The molecule has 0 fully saturated rings. The normalized spacial score (nSPS) is 13.9. The molecule has 312 valence electrons. The fraction of sp³-hybridized carbons (Fsp3) is 0.298. The van der Waals surface area contributed by atoms with Gasteiger partial charge in [-0.1, -0.05) is 123 Å². The Bertz CT molecular complexity index is 3080. The second kappa shape index (κ2) is 13.7. The molecule has 0 aliphatic carbocycles. The van der Waals surface area contributed by atoms with E-state index in [0.29, 0.717) is 0 Å². The Morgan fingerprint density at radius 3 is 1.66 bits per heavy atom. The summed E-state index contributed by atoms with van der Waals surface area (Å²) in [6.45, 7) is 32.2. The van der Waals surface area contributed by atoms with Gasteiger partial charge in [-0.2, -0.15) is 0 Å². The smallest absolute Gasteiger partial charge is 0.257 e. The van der Waals surface area contributed by atoms with Crippen molar-refractivity contribution in [3.63, 3.8) is 0 Å². The van der Waals surface area contributed by atoms with Crippen molar-refractivity contribution in [3.8, 4) is 10.4 Å². The highest BCUT2D eigenvalue weighted by Crippen LogP contribution is 2.50. The summed E-state index contributed by atoms with van der Waals surface area (Å²) in [6, 6.07) is 39.8. The minimum absolute atomic E-state index is 0.0224.